The predicted molar refractivity (Wildman–Crippen MR) is 112 cm³/mol. The first kappa shape index (κ1) is 19.0. The van der Waals surface area contributed by atoms with Crippen molar-refractivity contribution in [1.82, 2.24) is 25.5 Å². The molecule has 3 N–H and O–H groups in total. The van der Waals surface area contributed by atoms with Gasteiger partial charge in [0.25, 0.3) is 0 Å². The van der Waals surface area contributed by atoms with Crippen LogP contribution in [0.3, 0.4) is 0 Å². The molecule has 1 fully saturated rings. The molecule has 0 amide bonds. The van der Waals surface area contributed by atoms with Crippen molar-refractivity contribution in [3.63, 3.8) is 0 Å². The monoisotopic (exact) mass is 413 g/mol. The van der Waals surface area contributed by atoms with Gasteiger partial charge in [0.15, 0.2) is 0 Å². The lowest BCUT2D eigenvalue weighted by molar-refractivity contribution is 0.137. The second kappa shape index (κ2) is 8.01. The van der Waals surface area contributed by atoms with Crippen LogP contribution in [0.15, 0.2) is 18.6 Å². The van der Waals surface area contributed by atoms with E-state index < -0.39 is 6.10 Å². The Kier molecular flexibility index (Phi) is 5.24. The number of ether oxygens (including phenoxy) is 1. The van der Waals surface area contributed by atoms with Crippen molar-refractivity contribution in [2.24, 2.45) is 0 Å². The van der Waals surface area contributed by atoms with Crippen molar-refractivity contribution >= 4 is 21.6 Å². The molecule has 0 aliphatic heterocycles. The van der Waals surface area contributed by atoms with Crippen LogP contribution in [0.4, 0.5) is 0 Å². The highest BCUT2D eigenvalue weighted by atomic mass is 32.1. The fourth-order valence-electron chi connectivity index (χ4n) is 4.84. The lowest BCUT2D eigenvalue weighted by Crippen LogP contribution is -2.34. The van der Waals surface area contributed by atoms with E-state index in [1.165, 1.54) is 10.4 Å². The first-order valence-corrected chi connectivity index (χ1v) is 11.3. The summed E-state index contributed by atoms with van der Waals surface area (Å²) in [5, 5.41) is 21.9. The van der Waals surface area contributed by atoms with E-state index in [2.05, 4.69) is 25.5 Å². The van der Waals surface area contributed by atoms with Crippen LogP contribution in [-0.4, -0.2) is 44.5 Å². The van der Waals surface area contributed by atoms with E-state index in [0.717, 1.165) is 60.3 Å². The highest BCUT2D eigenvalue weighted by Gasteiger charge is 2.32. The molecule has 154 valence electrons. The first-order valence-electron chi connectivity index (χ1n) is 10.5. The minimum atomic E-state index is -0.547. The van der Waals surface area contributed by atoms with Gasteiger partial charge in [0, 0.05) is 17.1 Å². The van der Waals surface area contributed by atoms with Crippen LogP contribution in [0.25, 0.3) is 10.2 Å². The molecular formula is C21H27N5O2S. The second-order valence-corrected chi connectivity index (χ2v) is 9.26. The van der Waals surface area contributed by atoms with E-state index >= 15 is 0 Å². The van der Waals surface area contributed by atoms with Gasteiger partial charge >= 0.3 is 0 Å². The number of fused-ring (bicyclic) bond motifs is 3. The van der Waals surface area contributed by atoms with Crippen LogP contribution in [0.1, 0.15) is 66.7 Å². The summed E-state index contributed by atoms with van der Waals surface area (Å²) in [5.74, 6) is 1.01. The number of aryl methyl sites for hydroxylation is 1. The second-order valence-electron chi connectivity index (χ2n) is 8.18. The van der Waals surface area contributed by atoms with Gasteiger partial charge in [-0.25, -0.2) is 9.97 Å². The van der Waals surface area contributed by atoms with Crippen molar-refractivity contribution < 1.29 is 9.84 Å². The molecule has 2 aliphatic carbocycles. The Hall–Kier alpha value is -2.03. The molecular weight excluding hydrogens is 386 g/mol. The molecule has 0 saturated heterocycles. The van der Waals surface area contributed by atoms with E-state index in [-0.39, 0.29) is 12.0 Å². The maximum atomic E-state index is 10.6. The number of aliphatic hydroxyl groups excluding tert-OH is 1. The largest absolute Gasteiger partial charge is 0.474 e. The number of thiophene rings is 1. The Labute approximate surface area is 173 Å². The summed E-state index contributed by atoms with van der Waals surface area (Å²) in [6.45, 7) is 0. The molecule has 2 atom stereocenters. The maximum Gasteiger partial charge on any atom is 0.225 e. The van der Waals surface area contributed by atoms with Gasteiger partial charge in [0.2, 0.25) is 5.88 Å². The molecule has 3 aromatic heterocycles. The van der Waals surface area contributed by atoms with Gasteiger partial charge in [-0.15, -0.1) is 11.3 Å². The molecule has 0 bridgehead atoms. The third-order valence-electron chi connectivity index (χ3n) is 6.45. The summed E-state index contributed by atoms with van der Waals surface area (Å²) >= 11 is 1.75. The minimum Gasteiger partial charge on any atom is -0.474 e. The van der Waals surface area contributed by atoms with Crippen LogP contribution >= 0.6 is 11.3 Å². The Morgan fingerprint density at radius 1 is 1.28 bits per heavy atom. The van der Waals surface area contributed by atoms with Gasteiger partial charge in [-0.1, -0.05) is 0 Å². The molecule has 7 nitrogen and oxygen atoms in total. The van der Waals surface area contributed by atoms with Crippen molar-refractivity contribution in [3.05, 3.63) is 34.7 Å². The van der Waals surface area contributed by atoms with E-state index in [0.29, 0.717) is 12.5 Å². The third-order valence-corrected chi connectivity index (χ3v) is 7.62. The molecule has 29 heavy (non-hydrogen) atoms. The fourth-order valence-corrected chi connectivity index (χ4v) is 6.07. The maximum absolute atomic E-state index is 10.6. The number of nitrogens with one attached hydrogen (secondary N) is 2. The summed E-state index contributed by atoms with van der Waals surface area (Å²) in [5.41, 5.74) is 2.06. The van der Waals surface area contributed by atoms with Gasteiger partial charge in [-0.3, -0.25) is 5.10 Å². The highest BCUT2D eigenvalue weighted by Crippen LogP contribution is 2.48. The topological polar surface area (TPSA) is 95.9 Å². The molecule has 1 saturated carbocycles. The molecule has 0 aromatic carbocycles. The lowest BCUT2D eigenvalue weighted by atomic mass is 9.92. The number of aromatic amines is 1. The van der Waals surface area contributed by atoms with Crippen molar-refractivity contribution in [2.45, 2.75) is 69.1 Å². The number of hydrogen-bond donors (Lipinski definition) is 3. The van der Waals surface area contributed by atoms with E-state index in [1.54, 1.807) is 23.9 Å². The van der Waals surface area contributed by atoms with Gasteiger partial charge in [0.05, 0.1) is 17.2 Å². The van der Waals surface area contributed by atoms with Crippen LogP contribution in [-0.2, 0) is 6.42 Å². The Morgan fingerprint density at radius 2 is 2.14 bits per heavy atom. The third kappa shape index (κ3) is 3.65. The van der Waals surface area contributed by atoms with E-state index in [9.17, 15) is 5.11 Å². The zero-order valence-electron chi connectivity index (χ0n) is 16.6. The number of rotatable bonds is 6. The summed E-state index contributed by atoms with van der Waals surface area (Å²) in [6, 6.07) is 2.44. The minimum absolute atomic E-state index is 0.212. The standard InChI is InChI=1S/C21H27N5O2S/c1-22-13-3-5-14(6-4-13)28-20-19-18-12(10-16(27)15-8-9-25-26-15)2-7-17(18)29-21(19)24-11-23-20/h8-9,11-14,16,22,27H,2-7,10H2,1H3,(H,25,26)/t12-,13?,14?,16+/m1/s1. The van der Waals surface area contributed by atoms with Crippen molar-refractivity contribution in [2.75, 3.05) is 7.05 Å². The van der Waals surface area contributed by atoms with Crippen LogP contribution in [0.5, 0.6) is 5.88 Å². The average molecular weight is 414 g/mol. The van der Waals surface area contributed by atoms with Crippen LogP contribution < -0.4 is 10.1 Å². The van der Waals surface area contributed by atoms with Gasteiger partial charge < -0.3 is 15.2 Å². The lowest BCUT2D eigenvalue weighted by Gasteiger charge is -2.28. The number of nitrogens with zero attached hydrogens (tertiary/aromatic N) is 3. The Balaban J connectivity index is 1.41. The van der Waals surface area contributed by atoms with Crippen LogP contribution in [0, 0.1) is 0 Å². The Bertz CT molecular complexity index is 965. The van der Waals surface area contributed by atoms with Crippen molar-refractivity contribution in [3.8, 4) is 5.88 Å². The smallest absolute Gasteiger partial charge is 0.225 e. The molecule has 2 aliphatic rings. The molecule has 3 heterocycles. The summed E-state index contributed by atoms with van der Waals surface area (Å²) in [6.07, 6.45) is 10.1. The van der Waals surface area contributed by atoms with E-state index in [1.807, 2.05) is 13.1 Å². The van der Waals surface area contributed by atoms with Gasteiger partial charge in [-0.2, -0.15) is 5.10 Å². The SMILES string of the molecule is CNC1CCC(Oc2ncnc3sc4c(c23)[C@@H](C[C@H](O)c2ccn[nH]2)CC4)CC1. The number of aromatic nitrogens is 4. The summed E-state index contributed by atoms with van der Waals surface area (Å²) in [7, 11) is 2.03. The molecule has 3 aromatic rings. The van der Waals surface area contributed by atoms with E-state index in [4.69, 9.17) is 4.74 Å². The summed E-state index contributed by atoms with van der Waals surface area (Å²) in [4.78, 5) is 11.4. The average Bonchev–Trinajstić information content (AvgIpc) is 3.46. The normalized spacial score (nSPS) is 25.2. The van der Waals surface area contributed by atoms with Gasteiger partial charge in [0.1, 0.15) is 17.3 Å². The first-order chi connectivity index (χ1) is 14.2. The number of aliphatic hydroxyl groups is 1. The van der Waals surface area contributed by atoms with Crippen LogP contribution in [0.2, 0.25) is 0 Å². The zero-order chi connectivity index (χ0) is 19.8. The Morgan fingerprint density at radius 3 is 2.90 bits per heavy atom. The van der Waals surface area contributed by atoms with Crippen molar-refractivity contribution in [1.29, 1.82) is 0 Å². The molecule has 0 radical (unpaired) electrons. The zero-order valence-corrected chi connectivity index (χ0v) is 17.4. The predicted octanol–water partition coefficient (Wildman–Crippen LogP) is 3.48. The van der Waals surface area contributed by atoms with Gasteiger partial charge in [-0.05, 0) is 69.5 Å². The molecule has 0 spiro atoms. The summed E-state index contributed by atoms with van der Waals surface area (Å²) < 4.78 is 6.42. The molecule has 5 rings (SSSR count). The molecule has 8 heteroatoms. The fraction of sp³-hybridized carbons (Fsp3) is 0.571. The quantitative estimate of drug-likeness (QED) is 0.573. The molecule has 0 unspecified atom stereocenters. The highest BCUT2D eigenvalue weighted by molar-refractivity contribution is 7.19. The number of hydrogen-bond acceptors (Lipinski definition) is 7. The number of H-pyrrole nitrogens is 1.